The molecule has 0 saturated carbocycles. The van der Waals surface area contributed by atoms with Crippen LogP contribution in [0.1, 0.15) is 26.2 Å². The van der Waals surface area contributed by atoms with E-state index in [1.54, 1.807) is 11.3 Å². The van der Waals surface area contributed by atoms with Gasteiger partial charge in [-0.05, 0) is 30.8 Å². The zero-order chi connectivity index (χ0) is 17.8. The van der Waals surface area contributed by atoms with E-state index in [2.05, 4.69) is 46.2 Å². The van der Waals surface area contributed by atoms with E-state index in [9.17, 15) is 0 Å². The Morgan fingerprint density at radius 1 is 1.32 bits per heavy atom. The van der Waals surface area contributed by atoms with Gasteiger partial charge in [0.25, 0.3) is 0 Å². The third kappa shape index (κ3) is 3.86. The maximum atomic E-state index is 8.87. The number of hydrogen-bond donors (Lipinski definition) is 0. The maximum Gasteiger partial charge on any atom is 0.227 e. The molecule has 3 heterocycles. The number of anilines is 2. The molecule has 0 bridgehead atoms. The molecule has 0 radical (unpaired) electrons. The average molecular weight is 359 g/mol. The maximum absolute atomic E-state index is 8.87. The zero-order valence-corrected chi connectivity index (χ0v) is 16.1. The minimum absolute atomic E-state index is 0.483. The Kier molecular flexibility index (Phi) is 5.71. The molecule has 25 heavy (non-hydrogen) atoms. The SMILES string of the molecule is CCN1CCC(N(C)c2nc(N(C)CCC#N)c3sccc3n2)CC1. The van der Waals surface area contributed by atoms with E-state index in [-0.39, 0.29) is 0 Å². The van der Waals surface area contributed by atoms with Crippen molar-refractivity contribution in [1.82, 2.24) is 14.9 Å². The summed E-state index contributed by atoms with van der Waals surface area (Å²) in [7, 11) is 4.11. The lowest BCUT2D eigenvalue weighted by molar-refractivity contribution is 0.220. The van der Waals surface area contributed by atoms with Crippen molar-refractivity contribution in [3.63, 3.8) is 0 Å². The number of thiophene rings is 1. The molecule has 3 rings (SSSR count). The normalized spacial score (nSPS) is 16.1. The number of hydrogen-bond acceptors (Lipinski definition) is 7. The van der Waals surface area contributed by atoms with Crippen molar-refractivity contribution < 1.29 is 0 Å². The first-order chi connectivity index (χ1) is 12.1. The Hall–Kier alpha value is -1.91. The summed E-state index contributed by atoms with van der Waals surface area (Å²) in [5.74, 6) is 1.72. The van der Waals surface area contributed by atoms with Crippen LogP contribution in [0.3, 0.4) is 0 Å². The van der Waals surface area contributed by atoms with Crippen LogP contribution in [-0.2, 0) is 0 Å². The van der Waals surface area contributed by atoms with Crippen LogP contribution in [0.5, 0.6) is 0 Å². The van der Waals surface area contributed by atoms with E-state index in [4.69, 9.17) is 15.2 Å². The summed E-state index contributed by atoms with van der Waals surface area (Å²) < 4.78 is 1.10. The molecule has 7 heteroatoms. The van der Waals surface area contributed by atoms with Crippen LogP contribution in [0, 0.1) is 11.3 Å². The topological polar surface area (TPSA) is 59.3 Å². The fourth-order valence-corrected chi connectivity index (χ4v) is 4.24. The lowest BCUT2D eigenvalue weighted by Gasteiger charge is -2.36. The lowest BCUT2D eigenvalue weighted by atomic mass is 10.0. The Morgan fingerprint density at radius 3 is 2.76 bits per heavy atom. The molecule has 0 unspecified atom stereocenters. The molecule has 0 aromatic carbocycles. The minimum Gasteiger partial charge on any atom is -0.357 e. The van der Waals surface area contributed by atoms with Crippen LogP contribution in [0.4, 0.5) is 11.8 Å². The molecular weight excluding hydrogens is 332 g/mol. The summed E-state index contributed by atoms with van der Waals surface area (Å²) in [5.41, 5.74) is 0.992. The van der Waals surface area contributed by atoms with Crippen LogP contribution in [0.25, 0.3) is 10.2 Å². The first-order valence-electron chi connectivity index (χ1n) is 8.92. The highest BCUT2D eigenvalue weighted by molar-refractivity contribution is 7.17. The minimum atomic E-state index is 0.483. The number of fused-ring (bicyclic) bond motifs is 1. The standard InChI is InChI=1S/C18H26N6S/c1-4-24-11-6-14(7-12-24)23(3)18-20-15-8-13-25-16(15)17(21-18)22(2)10-5-9-19/h8,13-14H,4-7,10-12H2,1-3H3. The fraction of sp³-hybridized carbons (Fsp3) is 0.611. The van der Waals surface area contributed by atoms with Gasteiger partial charge in [0.2, 0.25) is 5.95 Å². The molecule has 1 aliphatic heterocycles. The number of nitrogens with zero attached hydrogens (tertiary/aromatic N) is 6. The Balaban J connectivity index is 1.85. The van der Waals surface area contributed by atoms with Gasteiger partial charge in [0.15, 0.2) is 5.82 Å². The molecule has 6 nitrogen and oxygen atoms in total. The molecule has 0 N–H and O–H groups in total. The smallest absolute Gasteiger partial charge is 0.227 e. The van der Waals surface area contributed by atoms with Crippen molar-refractivity contribution in [3.05, 3.63) is 11.4 Å². The van der Waals surface area contributed by atoms with Gasteiger partial charge in [0, 0.05) is 39.8 Å². The molecule has 2 aromatic heterocycles. The molecule has 0 spiro atoms. The second-order valence-corrected chi connectivity index (χ2v) is 7.50. The predicted molar refractivity (Wildman–Crippen MR) is 104 cm³/mol. The number of aromatic nitrogens is 2. The van der Waals surface area contributed by atoms with E-state index in [1.165, 1.54) is 0 Å². The molecule has 0 aliphatic carbocycles. The van der Waals surface area contributed by atoms with Crippen molar-refractivity contribution in [2.75, 3.05) is 50.1 Å². The number of piperidine rings is 1. The van der Waals surface area contributed by atoms with E-state index in [0.717, 1.165) is 54.5 Å². The molecule has 1 fully saturated rings. The van der Waals surface area contributed by atoms with E-state index < -0.39 is 0 Å². The van der Waals surface area contributed by atoms with Crippen molar-refractivity contribution in [2.24, 2.45) is 0 Å². The van der Waals surface area contributed by atoms with Crippen molar-refractivity contribution >= 4 is 33.3 Å². The zero-order valence-electron chi connectivity index (χ0n) is 15.3. The van der Waals surface area contributed by atoms with Crippen molar-refractivity contribution in [3.8, 4) is 6.07 Å². The van der Waals surface area contributed by atoms with Crippen molar-refractivity contribution in [1.29, 1.82) is 5.26 Å². The second-order valence-electron chi connectivity index (χ2n) is 6.59. The second kappa shape index (κ2) is 7.98. The van der Waals surface area contributed by atoms with Crippen LogP contribution >= 0.6 is 11.3 Å². The largest absolute Gasteiger partial charge is 0.357 e. The lowest BCUT2D eigenvalue weighted by Crippen LogP contribution is -2.44. The van der Waals surface area contributed by atoms with Gasteiger partial charge in [0.1, 0.15) is 0 Å². The first-order valence-corrected chi connectivity index (χ1v) is 9.80. The number of likely N-dealkylation sites (tertiary alicyclic amines) is 1. The monoisotopic (exact) mass is 358 g/mol. The van der Waals surface area contributed by atoms with Gasteiger partial charge in [-0.3, -0.25) is 0 Å². The van der Waals surface area contributed by atoms with Crippen LogP contribution in [0.15, 0.2) is 11.4 Å². The molecule has 134 valence electrons. The third-order valence-electron chi connectivity index (χ3n) is 5.06. The quantitative estimate of drug-likeness (QED) is 0.791. The number of nitriles is 1. The summed E-state index contributed by atoms with van der Waals surface area (Å²) in [6.07, 6.45) is 2.79. The highest BCUT2D eigenvalue weighted by Gasteiger charge is 2.24. The molecule has 0 amide bonds. The van der Waals surface area contributed by atoms with Gasteiger partial charge in [-0.15, -0.1) is 11.3 Å². The summed E-state index contributed by atoms with van der Waals surface area (Å²) in [6.45, 7) is 6.31. The molecule has 1 saturated heterocycles. The first kappa shape index (κ1) is 17.9. The Bertz CT molecular complexity index is 744. The summed E-state index contributed by atoms with van der Waals surface area (Å²) in [6, 6.07) is 4.75. The summed E-state index contributed by atoms with van der Waals surface area (Å²) >= 11 is 1.66. The fourth-order valence-electron chi connectivity index (χ4n) is 3.36. The highest BCUT2D eigenvalue weighted by atomic mass is 32.1. The van der Waals surface area contributed by atoms with Gasteiger partial charge in [0.05, 0.1) is 22.7 Å². The van der Waals surface area contributed by atoms with E-state index in [1.807, 2.05) is 7.05 Å². The Morgan fingerprint density at radius 2 is 2.08 bits per heavy atom. The van der Waals surface area contributed by atoms with Gasteiger partial charge in [-0.2, -0.15) is 10.2 Å². The number of rotatable bonds is 6. The van der Waals surface area contributed by atoms with Crippen LogP contribution in [-0.4, -0.2) is 61.2 Å². The van der Waals surface area contributed by atoms with Crippen molar-refractivity contribution in [2.45, 2.75) is 32.2 Å². The molecular formula is C18H26N6S. The summed E-state index contributed by atoms with van der Waals surface area (Å²) in [4.78, 5) is 16.5. The van der Waals surface area contributed by atoms with Crippen LogP contribution < -0.4 is 9.80 Å². The van der Waals surface area contributed by atoms with Gasteiger partial charge < -0.3 is 14.7 Å². The van der Waals surface area contributed by atoms with Gasteiger partial charge >= 0.3 is 0 Å². The summed E-state index contributed by atoms with van der Waals surface area (Å²) in [5, 5.41) is 10.9. The van der Waals surface area contributed by atoms with E-state index in [0.29, 0.717) is 19.0 Å². The highest BCUT2D eigenvalue weighted by Crippen LogP contribution is 2.31. The Labute approximate surface area is 153 Å². The van der Waals surface area contributed by atoms with Gasteiger partial charge in [-0.25, -0.2) is 4.98 Å². The molecule has 2 aromatic rings. The van der Waals surface area contributed by atoms with Gasteiger partial charge in [-0.1, -0.05) is 6.92 Å². The molecule has 1 aliphatic rings. The molecule has 0 atom stereocenters. The van der Waals surface area contributed by atoms with E-state index >= 15 is 0 Å². The predicted octanol–water partition coefficient (Wildman–Crippen LogP) is 2.96. The van der Waals surface area contributed by atoms with Crippen LogP contribution in [0.2, 0.25) is 0 Å². The average Bonchev–Trinajstić information content (AvgIpc) is 3.13. The third-order valence-corrected chi connectivity index (χ3v) is 5.96.